The summed E-state index contributed by atoms with van der Waals surface area (Å²) in [6.45, 7) is 0. The Morgan fingerprint density at radius 3 is 2.00 bits per heavy atom. The van der Waals surface area contributed by atoms with Gasteiger partial charge in [-0.25, -0.2) is 8.78 Å². The van der Waals surface area contributed by atoms with Gasteiger partial charge in [0, 0.05) is 5.56 Å². The Kier molecular flexibility index (Phi) is 2.46. The number of halogens is 2. The van der Waals surface area contributed by atoms with E-state index in [4.69, 9.17) is 0 Å². The zero-order valence-corrected chi connectivity index (χ0v) is 6.94. The molecule has 0 N–H and O–H groups in total. The van der Waals surface area contributed by atoms with Crippen LogP contribution in [0.3, 0.4) is 0 Å². The van der Waals surface area contributed by atoms with Gasteiger partial charge in [-0.2, -0.15) is 0 Å². The molecular formula is C7H3F2S2-. The van der Waals surface area contributed by atoms with Gasteiger partial charge in [-0.3, -0.25) is 0 Å². The molecule has 0 amide bonds. The Hall–Kier alpha value is -0.610. The number of benzene rings is 1. The first-order valence-corrected chi connectivity index (χ1v) is 3.60. The van der Waals surface area contributed by atoms with Crippen molar-refractivity contribution in [1.82, 2.24) is 0 Å². The van der Waals surface area contributed by atoms with Gasteiger partial charge in [0.15, 0.2) is 0 Å². The minimum absolute atomic E-state index is 0.180. The second-order valence-corrected chi connectivity index (χ2v) is 2.96. The zero-order chi connectivity index (χ0) is 8.43. The van der Waals surface area contributed by atoms with Crippen molar-refractivity contribution < 1.29 is 8.78 Å². The van der Waals surface area contributed by atoms with E-state index >= 15 is 0 Å². The number of rotatable bonds is 1. The molecule has 0 fully saturated rings. The van der Waals surface area contributed by atoms with Crippen LogP contribution >= 0.6 is 12.2 Å². The van der Waals surface area contributed by atoms with Crippen LogP contribution in [-0.2, 0) is 12.6 Å². The van der Waals surface area contributed by atoms with E-state index in [1.54, 1.807) is 0 Å². The monoisotopic (exact) mass is 189 g/mol. The van der Waals surface area contributed by atoms with E-state index < -0.39 is 11.6 Å². The SMILES string of the molecule is Fc1cccc(F)c1C(=S)[S-]. The van der Waals surface area contributed by atoms with Gasteiger partial charge in [-0.1, -0.05) is 6.07 Å². The molecule has 0 aromatic heterocycles. The lowest BCUT2D eigenvalue weighted by Gasteiger charge is -2.06. The van der Waals surface area contributed by atoms with Crippen molar-refractivity contribution in [3.8, 4) is 0 Å². The minimum atomic E-state index is -0.704. The van der Waals surface area contributed by atoms with E-state index in [0.717, 1.165) is 12.1 Å². The molecular weight excluding hydrogens is 186 g/mol. The summed E-state index contributed by atoms with van der Waals surface area (Å²) < 4.78 is 25.2. The van der Waals surface area contributed by atoms with Gasteiger partial charge in [0.05, 0.1) is 0 Å². The maximum absolute atomic E-state index is 12.7. The first-order valence-electron chi connectivity index (χ1n) is 2.78. The third kappa shape index (κ3) is 1.70. The molecule has 0 aliphatic rings. The molecule has 0 saturated carbocycles. The summed E-state index contributed by atoms with van der Waals surface area (Å²) in [5, 5.41) is 0. The fraction of sp³-hybridized carbons (Fsp3) is 0. The van der Waals surface area contributed by atoms with Crippen LogP contribution in [0.5, 0.6) is 0 Å². The summed E-state index contributed by atoms with van der Waals surface area (Å²) >= 11 is 8.94. The molecule has 0 spiro atoms. The van der Waals surface area contributed by atoms with E-state index in [2.05, 4.69) is 24.8 Å². The highest BCUT2D eigenvalue weighted by Gasteiger charge is 2.04. The summed E-state index contributed by atoms with van der Waals surface area (Å²) in [7, 11) is 0. The van der Waals surface area contributed by atoms with Crippen LogP contribution in [0.15, 0.2) is 18.2 Å². The van der Waals surface area contributed by atoms with E-state index in [-0.39, 0.29) is 9.76 Å². The predicted octanol–water partition coefficient (Wildman–Crippen LogP) is 2.19. The molecule has 0 bridgehead atoms. The summed E-state index contributed by atoms with van der Waals surface area (Å²) in [6.07, 6.45) is 0. The Morgan fingerprint density at radius 2 is 1.73 bits per heavy atom. The van der Waals surface area contributed by atoms with Crippen molar-refractivity contribution in [2.75, 3.05) is 0 Å². The average molecular weight is 189 g/mol. The fourth-order valence-electron chi connectivity index (χ4n) is 0.693. The van der Waals surface area contributed by atoms with E-state index in [0.29, 0.717) is 0 Å². The largest absolute Gasteiger partial charge is 0.428 e. The maximum Gasteiger partial charge on any atom is 0.132 e. The van der Waals surface area contributed by atoms with Gasteiger partial charge >= 0.3 is 0 Å². The predicted molar refractivity (Wildman–Crippen MR) is 45.4 cm³/mol. The van der Waals surface area contributed by atoms with E-state index in [9.17, 15) is 8.78 Å². The lowest BCUT2D eigenvalue weighted by Crippen LogP contribution is -2.00. The molecule has 0 unspecified atom stereocenters. The van der Waals surface area contributed by atoms with Crippen molar-refractivity contribution in [1.29, 1.82) is 0 Å². The third-order valence-corrected chi connectivity index (χ3v) is 1.58. The first kappa shape index (κ1) is 8.49. The van der Waals surface area contributed by atoms with Crippen LogP contribution in [0, 0.1) is 11.6 Å². The quantitative estimate of drug-likeness (QED) is 0.490. The van der Waals surface area contributed by atoms with Crippen molar-refractivity contribution >= 4 is 29.0 Å². The summed E-state index contributed by atoms with van der Waals surface area (Å²) in [5.41, 5.74) is -0.280. The normalized spacial score (nSPS) is 9.64. The number of hydrogen-bond donors (Lipinski definition) is 0. The van der Waals surface area contributed by atoms with Gasteiger partial charge in [-0.05, 0) is 12.1 Å². The Bertz CT molecular complexity index is 276. The second-order valence-electron chi connectivity index (χ2n) is 1.88. The van der Waals surface area contributed by atoms with Crippen LogP contribution in [0.4, 0.5) is 8.78 Å². The molecule has 58 valence electrons. The lowest BCUT2D eigenvalue weighted by atomic mass is 10.2. The summed E-state index contributed by atoms with van der Waals surface area (Å²) in [6, 6.07) is 3.51. The van der Waals surface area contributed by atoms with Gasteiger partial charge in [-0.15, -0.1) is 4.20 Å². The van der Waals surface area contributed by atoms with Crippen molar-refractivity contribution in [3.63, 3.8) is 0 Å². The van der Waals surface area contributed by atoms with Crippen molar-refractivity contribution in [2.45, 2.75) is 0 Å². The second kappa shape index (κ2) is 3.19. The van der Waals surface area contributed by atoms with Crippen LogP contribution < -0.4 is 0 Å². The minimum Gasteiger partial charge on any atom is -0.428 e. The molecule has 0 atom stereocenters. The van der Waals surface area contributed by atoms with Gasteiger partial charge < -0.3 is 24.8 Å². The maximum atomic E-state index is 12.7. The summed E-state index contributed by atoms with van der Waals surface area (Å²) in [4.78, 5) is 0. The molecule has 0 radical (unpaired) electrons. The zero-order valence-electron chi connectivity index (χ0n) is 5.30. The van der Waals surface area contributed by atoms with Gasteiger partial charge in [0.1, 0.15) is 11.6 Å². The Morgan fingerprint density at radius 1 is 1.27 bits per heavy atom. The first-order chi connectivity index (χ1) is 5.13. The Labute approximate surface area is 73.6 Å². The molecule has 0 aliphatic carbocycles. The van der Waals surface area contributed by atoms with Crippen LogP contribution in [-0.4, -0.2) is 4.20 Å². The smallest absolute Gasteiger partial charge is 0.132 e. The van der Waals surface area contributed by atoms with Crippen molar-refractivity contribution in [3.05, 3.63) is 35.4 Å². The van der Waals surface area contributed by atoms with Gasteiger partial charge in [0.2, 0.25) is 0 Å². The Balaban J connectivity index is 3.32. The highest BCUT2D eigenvalue weighted by atomic mass is 32.1. The highest BCUT2D eigenvalue weighted by Crippen LogP contribution is 2.12. The molecule has 0 nitrogen and oxygen atoms in total. The van der Waals surface area contributed by atoms with E-state index in [1.807, 2.05) is 0 Å². The number of hydrogen-bond acceptors (Lipinski definition) is 2. The highest BCUT2D eigenvalue weighted by molar-refractivity contribution is 8.01. The van der Waals surface area contributed by atoms with Crippen LogP contribution in [0.1, 0.15) is 5.56 Å². The average Bonchev–Trinajstić information content (AvgIpc) is 1.85. The molecule has 11 heavy (non-hydrogen) atoms. The molecule has 1 rings (SSSR count). The molecule has 0 aliphatic heterocycles. The molecule has 1 aromatic carbocycles. The standard InChI is InChI=1S/C7H4F2S2/c8-4-2-1-3-5(9)6(4)7(10)11/h1-3H,(H,10,11)/p-1. The summed E-state index contributed by atoms with van der Waals surface area (Å²) in [5.74, 6) is -1.41. The molecule has 0 saturated heterocycles. The molecule has 1 aromatic rings. The van der Waals surface area contributed by atoms with Crippen LogP contribution in [0.2, 0.25) is 0 Å². The molecule has 0 heterocycles. The topological polar surface area (TPSA) is 0 Å². The third-order valence-electron chi connectivity index (χ3n) is 1.17. The number of thiocarbonyl (C=S) groups is 1. The van der Waals surface area contributed by atoms with E-state index in [1.165, 1.54) is 6.07 Å². The lowest BCUT2D eigenvalue weighted by molar-refractivity contribution is 0.580. The fourth-order valence-corrected chi connectivity index (χ4v) is 1.08. The van der Waals surface area contributed by atoms with Gasteiger partial charge in [0.25, 0.3) is 0 Å². The molecule has 4 heteroatoms. The van der Waals surface area contributed by atoms with Crippen molar-refractivity contribution in [2.24, 2.45) is 0 Å². The van der Waals surface area contributed by atoms with Crippen LogP contribution in [0.25, 0.3) is 0 Å².